The summed E-state index contributed by atoms with van der Waals surface area (Å²) in [6, 6.07) is 11.2. The highest BCUT2D eigenvalue weighted by molar-refractivity contribution is 5.86. The molecule has 1 saturated heterocycles. The van der Waals surface area contributed by atoms with Gasteiger partial charge in [-0.3, -0.25) is 0 Å². The second kappa shape index (κ2) is 9.96. The van der Waals surface area contributed by atoms with Crippen molar-refractivity contribution in [1.82, 2.24) is 9.88 Å². The standard InChI is InChI=1S/C25H22F6N2O3/c26-24(27,28)18-10-6-9-16-17(13-20(25(29,30)31)32-21(16)18)22(34)19-11-4-5-12-33(19)23(35)36-14-15-7-2-1-3-8-15/h1-3,6-10,13,19,22,34H,4-5,11-12,14H2/t19-,22+/m0/s1. The van der Waals surface area contributed by atoms with Crippen LogP contribution >= 0.6 is 0 Å². The van der Waals surface area contributed by atoms with E-state index in [-0.39, 0.29) is 30.5 Å². The van der Waals surface area contributed by atoms with Crippen LogP contribution in [0.4, 0.5) is 31.1 Å². The summed E-state index contributed by atoms with van der Waals surface area (Å²) in [7, 11) is 0. The zero-order valence-electron chi connectivity index (χ0n) is 18.8. The Morgan fingerprint density at radius 2 is 1.75 bits per heavy atom. The minimum Gasteiger partial charge on any atom is -0.445 e. The number of carbonyl (C=O) groups excluding carboxylic acids is 1. The Morgan fingerprint density at radius 3 is 2.42 bits per heavy atom. The van der Waals surface area contributed by atoms with Crippen LogP contribution in [0.15, 0.2) is 54.6 Å². The van der Waals surface area contributed by atoms with E-state index in [1.165, 1.54) is 11.0 Å². The van der Waals surface area contributed by atoms with Crippen LogP contribution in [0.5, 0.6) is 0 Å². The topological polar surface area (TPSA) is 62.7 Å². The molecule has 36 heavy (non-hydrogen) atoms. The van der Waals surface area contributed by atoms with E-state index in [2.05, 4.69) is 4.98 Å². The maximum Gasteiger partial charge on any atom is 0.433 e. The Kier molecular flexibility index (Phi) is 7.12. The maximum atomic E-state index is 13.6. The largest absolute Gasteiger partial charge is 0.445 e. The number of aliphatic hydroxyl groups excluding tert-OH is 1. The molecule has 0 unspecified atom stereocenters. The number of aromatic nitrogens is 1. The number of para-hydroxylation sites is 1. The number of benzene rings is 2. The van der Waals surface area contributed by atoms with Gasteiger partial charge in [0.2, 0.25) is 0 Å². The number of likely N-dealkylation sites (tertiary alicyclic amines) is 1. The van der Waals surface area contributed by atoms with Gasteiger partial charge in [-0.15, -0.1) is 0 Å². The molecule has 3 aromatic rings. The Labute approximate surface area is 202 Å². The van der Waals surface area contributed by atoms with E-state index in [1.54, 1.807) is 30.3 Å². The zero-order valence-corrected chi connectivity index (χ0v) is 18.8. The summed E-state index contributed by atoms with van der Waals surface area (Å²) < 4.78 is 86.8. The van der Waals surface area contributed by atoms with Crippen molar-refractivity contribution in [3.05, 3.63) is 77.0 Å². The molecular weight excluding hydrogens is 490 g/mol. The predicted molar refractivity (Wildman–Crippen MR) is 118 cm³/mol. The van der Waals surface area contributed by atoms with Crippen LogP contribution in [0.25, 0.3) is 10.9 Å². The number of carbonyl (C=O) groups is 1. The third-order valence-electron chi connectivity index (χ3n) is 6.14. The van der Waals surface area contributed by atoms with Gasteiger partial charge >= 0.3 is 18.4 Å². The molecule has 1 fully saturated rings. The molecule has 2 atom stereocenters. The first-order valence-corrected chi connectivity index (χ1v) is 11.2. The van der Waals surface area contributed by atoms with Gasteiger partial charge in [-0.05, 0) is 42.5 Å². The van der Waals surface area contributed by atoms with Gasteiger partial charge in [0, 0.05) is 11.9 Å². The molecule has 0 aliphatic carbocycles. The van der Waals surface area contributed by atoms with E-state index in [4.69, 9.17) is 4.74 Å². The van der Waals surface area contributed by atoms with Crippen molar-refractivity contribution in [2.75, 3.05) is 6.54 Å². The van der Waals surface area contributed by atoms with Gasteiger partial charge in [0.1, 0.15) is 18.4 Å². The Hall–Kier alpha value is -3.34. The summed E-state index contributed by atoms with van der Waals surface area (Å²) in [5.74, 6) is 0. The summed E-state index contributed by atoms with van der Waals surface area (Å²) in [5, 5.41) is 10.9. The third-order valence-corrected chi connectivity index (χ3v) is 6.14. The lowest BCUT2D eigenvalue weighted by molar-refractivity contribution is -0.142. The van der Waals surface area contributed by atoms with E-state index < -0.39 is 47.4 Å². The second-order valence-corrected chi connectivity index (χ2v) is 8.54. The average Bonchev–Trinajstić information content (AvgIpc) is 2.85. The summed E-state index contributed by atoms with van der Waals surface area (Å²) in [6.07, 6.45) is -11.1. The fourth-order valence-electron chi connectivity index (χ4n) is 4.42. The molecule has 1 aliphatic rings. The molecule has 0 spiro atoms. The fraction of sp³-hybridized carbons (Fsp3) is 0.360. The van der Waals surface area contributed by atoms with Crippen molar-refractivity contribution in [2.45, 2.75) is 50.4 Å². The van der Waals surface area contributed by atoms with Gasteiger partial charge in [-0.2, -0.15) is 26.3 Å². The smallest absolute Gasteiger partial charge is 0.433 e. The van der Waals surface area contributed by atoms with Crippen molar-refractivity contribution < 1.29 is 41.0 Å². The normalized spacial score (nSPS) is 17.8. The number of piperidine rings is 1. The molecule has 0 saturated carbocycles. The molecule has 2 aromatic carbocycles. The second-order valence-electron chi connectivity index (χ2n) is 8.54. The highest BCUT2D eigenvalue weighted by Crippen LogP contribution is 2.40. The van der Waals surface area contributed by atoms with Gasteiger partial charge in [-0.1, -0.05) is 42.5 Å². The van der Waals surface area contributed by atoms with Crippen molar-refractivity contribution >= 4 is 17.0 Å². The number of alkyl halides is 6. The maximum absolute atomic E-state index is 13.6. The molecule has 1 aliphatic heterocycles. The molecule has 192 valence electrons. The molecule has 1 N–H and O–H groups in total. The van der Waals surface area contributed by atoms with Crippen LogP contribution in [-0.2, 0) is 23.7 Å². The lowest BCUT2D eigenvalue weighted by atomic mass is 9.90. The minimum atomic E-state index is -5.05. The third kappa shape index (κ3) is 5.40. The molecule has 4 rings (SSSR count). The zero-order chi connectivity index (χ0) is 26.1. The van der Waals surface area contributed by atoms with Gasteiger partial charge in [0.15, 0.2) is 0 Å². The molecule has 0 radical (unpaired) electrons. The summed E-state index contributed by atoms with van der Waals surface area (Å²) >= 11 is 0. The Balaban J connectivity index is 1.72. The number of amides is 1. The number of fused-ring (bicyclic) bond motifs is 1. The van der Waals surface area contributed by atoms with Gasteiger partial charge < -0.3 is 14.7 Å². The molecule has 1 aromatic heterocycles. The number of nitrogens with zero attached hydrogens (tertiary/aromatic N) is 2. The number of ether oxygens (including phenoxy) is 1. The first kappa shape index (κ1) is 25.7. The van der Waals surface area contributed by atoms with E-state index in [0.29, 0.717) is 25.0 Å². The van der Waals surface area contributed by atoms with Crippen LogP contribution < -0.4 is 0 Å². The van der Waals surface area contributed by atoms with Crippen LogP contribution in [0.3, 0.4) is 0 Å². The highest BCUT2D eigenvalue weighted by atomic mass is 19.4. The lowest BCUT2D eigenvalue weighted by Gasteiger charge is -2.38. The number of halogens is 6. The van der Waals surface area contributed by atoms with Crippen molar-refractivity contribution in [3.63, 3.8) is 0 Å². The molecule has 2 heterocycles. The van der Waals surface area contributed by atoms with Crippen molar-refractivity contribution in [2.24, 2.45) is 0 Å². The summed E-state index contributed by atoms with van der Waals surface area (Å²) in [4.78, 5) is 17.3. The van der Waals surface area contributed by atoms with Crippen LogP contribution in [0, 0.1) is 0 Å². The van der Waals surface area contributed by atoms with Crippen LogP contribution in [0.2, 0.25) is 0 Å². The average molecular weight is 512 g/mol. The van der Waals surface area contributed by atoms with E-state index in [1.807, 2.05) is 0 Å². The van der Waals surface area contributed by atoms with Crippen LogP contribution in [-0.4, -0.2) is 33.7 Å². The predicted octanol–water partition coefficient (Wildman–Crippen LogP) is 6.50. The van der Waals surface area contributed by atoms with E-state index in [0.717, 1.165) is 11.6 Å². The first-order valence-electron chi connectivity index (χ1n) is 11.2. The Morgan fingerprint density at radius 1 is 1.03 bits per heavy atom. The van der Waals surface area contributed by atoms with E-state index in [9.17, 15) is 36.2 Å². The molecule has 5 nitrogen and oxygen atoms in total. The van der Waals surface area contributed by atoms with Gasteiger partial charge in [0.05, 0.1) is 17.1 Å². The number of hydrogen-bond acceptors (Lipinski definition) is 4. The van der Waals surface area contributed by atoms with E-state index >= 15 is 0 Å². The monoisotopic (exact) mass is 512 g/mol. The number of pyridine rings is 1. The molecule has 1 amide bonds. The fourth-order valence-corrected chi connectivity index (χ4v) is 4.42. The van der Waals surface area contributed by atoms with Crippen molar-refractivity contribution in [1.29, 1.82) is 0 Å². The number of rotatable bonds is 4. The quantitative estimate of drug-likeness (QED) is 0.406. The summed E-state index contributed by atoms with van der Waals surface area (Å²) in [5.41, 5.74) is -3.49. The van der Waals surface area contributed by atoms with Crippen molar-refractivity contribution in [3.8, 4) is 0 Å². The molecular formula is C25H22F6N2O3. The highest BCUT2D eigenvalue weighted by Gasteiger charge is 2.40. The van der Waals surface area contributed by atoms with Gasteiger partial charge in [-0.25, -0.2) is 9.78 Å². The number of aliphatic hydroxyl groups is 1. The lowest BCUT2D eigenvalue weighted by Crippen LogP contribution is -2.47. The van der Waals surface area contributed by atoms with Crippen LogP contribution in [0.1, 0.15) is 47.8 Å². The molecule has 0 bridgehead atoms. The minimum absolute atomic E-state index is 0.0512. The first-order chi connectivity index (χ1) is 17.0. The molecule has 11 heteroatoms. The Bertz CT molecular complexity index is 1230. The summed E-state index contributed by atoms with van der Waals surface area (Å²) in [6.45, 7) is 0.128. The SMILES string of the molecule is O=C(OCc1ccccc1)N1CCCC[C@H]1[C@H](O)c1cc(C(F)(F)F)nc2c(C(F)(F)F)cccc12. The number of hydrogen-bond donors (Lipinski definition) is 1. The van der Waals surface area contributed by atoms with Gasteiger partial charge in [0.25, 0.3) is 0 Å².